The number of fused-ring (bicyclic) bond motifs is 1. The Morgan fingerprint density at radius 2 is 1.84 bits per heavy atom. The number of carbonyl (C=O) groups is 1. The van der Waals surface area contributed by atoms with Gasteiger partial charge < -0.3 is 18.6 Å². The summed E-state index contributed by atoms with van der Waals surface area (Å²) in [6, 6.07) is 15.0. The molecule has 0 aliphatic rings. The van der Waals surface area contributed by atoms with Gasteiger partial charge in [0.25, 0.3) is 0 Å². The molecule has 2 aromatic carbocycles. The van der Waals surface area contributed by atoms with Crippen LogP contribution in [0.1, 0.15) is 23.0 Å². The SMILES string of the molecule is CCOC(=O)c1cc2cc(OC)c(OCc3ccccc3)cc2o1.S. The maximum atomic E-state index is 11.8. The Bertz CT molecular complexity index is 842. The number of hydrogen-bond acceptors (Lipinski definition) is 5. The van der Waals surface area contributed by atoms with Crippen LogP contribution in [0.25, 0.3) is 11.0 Å². The van der Waals surface area contributed by atoms with E-state index in [1.165, 1.54) is 0 Å². The summed E-state index contributed by atoms with van der Waals surface area (Å²) in [7, 11) is 1.57. The fourth-order valence-corrected chi connectivity index (χ4v) is 2.36. The maximum Gasteiger partial charge on any atom is 0.374 e. The molecule has 0 unspecified atom stereocenters. The van der Waals surface area contributed by atoms with Gasteiger partial charge in [0.15, 0.2) is 11.5 Å². The van der Waals surface area contributed by atoms with Gasteiger partial charge in [0.05, 0.1) is 13.7 Å². The third-order valence-corrected chi connectivity index (χ3v) is 3.52. The molecular formula is C19H20O5S. The molecule has 3 aromatic rings. The van der Waals surface area contributed by atoms with Crippen molar-refractivity contribution in [3.8, 4) is 11.5 Å². The van der Waals surface area contributed by atoms with E-state index in [0.29, 0.717) is 30.3 Å². The van der Waals surface area contributed by atoms with Crippen molar-refractivity contribution in [2.24, 2.45) is 0 Å². The average Bonchev–Trinajstić information content (AvgIpc) is 3.03. The van der Waals surface area contributed by atoms with Crippen molar-refractivity contribution in [2.75, 3.05) is 13.7 Å². The van der Waals surface area contributed by atoms with Crippen LogP contribution in [0.5, 0.6) is 11.5 Å². The molecule has 1 heterocycles. The molecule has 0 N–H and O–H groups in total. The Labute approximate surface area is 152 Å². The fraction of sp³-hybridized carbons (Fsp3) is 0.211. The van der Waals surface area contributed by atoms with Gasteiger partial charge in [-0.05, 0) is 24.6 Å². The van der Waals surface area contributed by atoms with E-state index in [9.17, 15) is 4.79 Å². The first-order valence-corrected chi connectivity index (χ1v) is 7.66. The van der Waals surface area contributed by atoms with Gasteiger partial charge in [-0.25, -0.2) is 4.79 Å². The molecule has 3 rings (SSSR count). The molecular weight excluding hydrogens is 340 g/mol. The van der Waals surface area contributed by atoms with Gasteiger partial charge in [0.2, 0.25) is 5.76 Å². The maximum absolute atomic E-state index is 11.8. The van der Waals surface area contributed by atoms with Crippen molar-refractivity contribution in [2.45, 2.75) is 13.5 Å². The number of benzene rings is 2. The highest BCUT2D eigenvalue weighted by Crippen LogP contribution is 2.34. The Morgan fingerprint density at radius 1 is 1.08 bits per heavy atom. The van der Waals surface area contributed by atoms with Gasteiger partial charge in [-0.2, -0.15) is 13.5 Å². The molecule has 25 heavy (non-hydrogen) atoms. The van der Waals surface area contributed by atoms with Crippen molar-refractivity contribution < 1.29 is 23.4 Å². The van der Waals surface area contributed by atoms with E-state index >= 15 is 0 Å². The Kier molecular flexibility index (Phi) is 6.36. The first-order chi connectivity index (χ1) is 11.7. The lowest BCUT2D eigenvalue weighted by molar-refractivity contribution is 0.0492. The van der Waals surface area contributed by atoms with Crippen molar-refractivity contribution in [1.29, 1.82) is 0 Å². The van der Waals surface area contributed by atoms with Gasteiger partial charge in [-0.3, -0.25) is 0 Å². The molecule has 0 spiro atoms. The van der Waals surface area contributed by atoms with Crippen molar-refractivity contribution >= 4 is 30.4 Å². The molecule has 0 amide bonds. The number of hydrogen-bond donors (Lipinski definition) is 0. The van der Waals surface area contributed by atoms with Crippen LogP contribution in [0.4, 0.5) is 0 Å². The Balaban J connectivity index is 0.00000225. The highest BCUT2D eigenvalue weighted by atomic mass is 32.1. The smallest absolute Gasteiger partial charge is 0.374 e. The highest BCUT2D eigenvalue weighted by Gasteiger charge is 2.16. The lowest BCUT2D eigenvalue weighted by Gasteiger charge is -2.10. The topological polar surface area (TPSA) is 57.9 Å². The molecule has 5 nitrogen and oxygen atoms in total. The van der Waals surface area contributed by atoms with E-state index in [1.807, 2.05) is 30.3 Å². The van der Waals surface area contributed by atoms with Gasteiger partial charge in [0.1, 0.15) is 12.2 Å². The monoisotopic (exact) mass is 360 g/mol. The molecule has 0 aliphatic heterocycles. The van der Waals surface area contributed by atoms with Crippen LogP contribution in [-0.2, 0) is 11.3 Å². The van der Waals surface area contributed by atoms with E-state index in [4.69, 9.17) is 18.6 Å². The number of carbonyl (C=O) groups excluding carboxylic acids is 1. The number of rotatable bonds is 6. The van der Waals surface area contributed by atoms with Gasteiger partial charge >= 0.3 is 5.97 Å². The summed E-state index contributed by atoms with van der Waals surface area (Å²) in [5.74, 6) is 0.807. The Hall–Kier alpha value is -2.60. The molecule has 0 saturated carbocycles. The average molecular weight is 360 g/mol. The standard InChI is InChI=1S/C19H18O5.H2S/c1-3-22-19(20)18-10-14-9-16(21-2)17(11-15(14)24-18)23-12-13-7-5-4-6-8-13;/h4-11H,3,12H2,1-2H3;1H2. The van der Waals surface area contributed by atoms with Crippen LogP contribution >= 0.6 is 13.5 Å². The molecule has 1 aromatic heterocycles. The summed E-state index contributed by atoms with van der Waals surface area (Å²) in [5.41, 5.74) is 1.59. The molecule has 0 radical (unpaired) electrons. The number of esters is 1. The largest absolute Gasteiger partial charge is 0.493 e. The third-order valence-electron chi connectivity index (χ3n) is 3.52. The molecule has 0 bridgehead atoms. The second-order valence-corrected chi connectivity index (χ2v) is 5.15. The van der Waals surface area contributed by atoms with E-state index in [1.54, 1.807) is 32.2 Å². The van der Waals surface area contributed by atoms with Crippen molar-refractivity contribution in [1.82, 2.24) is 0 Å². The van der Waals surface area contributed by atoms with Crippen LogP contribution in [0, 0.1) is 0 Å². The normalized spacial score (nSPS) is 10.2. The number of furan rings is 1. The molecule has 6 heteroatoms. The minimum Gasteiger partial charge on any atom is -0.493 e. The summed E-state index contributed by atoms with van der Waals surface area (Å²) in [5, 5.41) is 0.752. The van der Waals surface area contributed by atoms with E-state index < -0.39 is 5.97 Å². The molecule has 0 atom stereocenters. The lowest BCUT2D eigenvalue weighted by atomic mass is 10.2. The first kappa shape index (κ1) is 18.7. The summed E-state index contributed by atoms with van der Waals surface area (Å²) in [6.07, 6.45) is 0. The van der Waals surface area contributed by atoms with Crippen molar-refractivity contribution in [3.05, 3.63) is 59.9 Å². The summed E-state index contributed by atoms with van der Waals surface area (Å²) in [6.45, 7) is 2.46. The van der Waals surface area contributed by atoms with Crippen LogP contribution in [0.15, 0.2) is 52.9 Å². The quantitative estimate of drug-likeness (QED) is 0.613. The number of ether oxygens (including phenoxy) is 3. The zero-order chi connectivity index (χ0) is 16.9. The van der Waals surface area contributed by atoms with Crippen LogP contribution in [0.2, 0.25) is 0 Å². The Morgan fingerprint density at radius 3 is 2.52 bits per heavy atom. The molecule has 132 valence electrons. The summed E-state index contributed by atoms with van der Waals surface area (Å²) < 4.78 is 21.7. The van der Waals surface area contributed by atoms with Crippen LogP contribution in [0.3, 0.4) is 0 Å². The minimum absolute atomic E-state index is 0. The number of methoxy groups -OCH3 is 1. The second kappa shape index (κ2) is 8.48. The minimum atomic E-state index is -0.487. The first-order valence-electron chi connectivity index (χ1n) is 7.66. The van der Waals surface area contributed by atoms with Crippen LogP contribution in [-0.4, -0.2) is 19.7 Å². The highest BCUT2D eigenvalue weighted by molar-refractivity contribution is 7.59. The molecule has 0 aliphatic carbocycles. The van der Waals surface area contributed by atoms with Gasteiger partial charge in [-0.15, -0.1) is 0 Å². The third kappa shape index (κ3) is 4.28. The van der Waals surface area contributed by atoms with E-state index in [-0.39, 0.29) is 19.3 Å². The van der Waals surface area contributed by atoms with E-state index in [0.717, 1.165) is 10.9 Å². The van der Waals surface area contributed by atoms with Crippen molar-refractivity contribution in [3.63, 3.8) is 0 Å². The van der Waals surface area contributed by atoms with Gasteiger partial charge in [0, 0.05) is 11.5 Å². The molecule has 0 fully saturated rings. The lowest BCUT2D eigenvalue weighted by Crippen LogP contribution is -2.02. The van der Waals surface area contributed by atoms with E-state index in [2.05, 4.69) is 0 Å². The fourth-order valence-electron chi connectivity index (χ4n) is 2.36. The summed E-state index contributed by atoms with van der Waals surface area (Å²) in [4.78, 5) is 11.8. The van der Waals surface area contributed by atoms with Crippen LogP contribution < -0.4 is 9.47 Å². The molecule has 0 saturated heterocycles. The zero-order valence-electron chi connectivity index (χ0n) is 14.1. The summed E-state index contributed by atoms with van der Waals surface area (Å²) >= 11 is 0. The predicted molar refractivity (Wildman–Crippen MR) is 99.9 cm³/mol. The van der Waals surface area contributed by atoms with Gasteiger partial charge in [-0.1, -0.05) is 30.3 Å². The predicted octanol–water partition coefficient (Wildman–Crippen LogP) is 4.31. The zero-order valence-corrected chi connectivity index (χ0v) is 15.1. The second-order valence-electron chi connectivity index (χ2n) is 5.15.